The fraction of sp³-hybridized carbons (Fsp3) is 0.136. The Labute approximate surface area is 199 Å². The van der Waals surface area contributed by atoms with Crippen LogP contribution in [0.4, 0.5) is 17.5 Å². The van der Waals surface area contributed by atoms with Gasteiger partial charge in [-0.15, -0.1) is 37.2 Å². The fourth-order valence-corrected chi connectivity index (χ4v) is 3.90. The van der Waals surface area contributed by atoms with Crippen molar-refractivity contribution in [1.29, 1.82) is 0 Å². The molecule has 2 aromatic heterocycles. The van der Waals surface area contributed by atoms with Crippen LogP contribution in [0, 0.1) is 0 Å². The molecule has 2 aromatic carbocycles. The van der Waals surface area contributed by atoms with E-state index in [0.29, 0.717) is 12.4 Å². The van der Waals surface area contributed by atoms with Crippen molar-refractivity contribution in [3.8, 4) is 11.1 Å². The van der Waals surface area contributed by atoms with Crippen molar-refractivity contribution in [2.75, 3.05) is 22.9 Å². The first-order chi connectivity index (χ1) is 13.7. The van der Waals surface area contributed by atoms with Gasteiger partial charge < -0.3 is 16.4 Å². The SMILES string of the molecule is Cl.Cl.Cl.Nc1ncc(CN2CCc3cc(-c4cccc5cccnc45)ccc32)c(N)n1. The van der Waals surface area contributed by atoms with E-state index >= 15 is 0 Å². The first-order valence-electron chi connectivity index (χ1n) is 9.28. The third-order valence-corrected chi connectivity index (χ3v) is 5.29. The van der Waals surface area contributed by atoms with Crippen molar-refractivity contribution in [2.45, 2.75) is 13.0 Å². The van der Waals surface area contributed by atoms with E-state index in [1.165, 1.54) is 16.8 Å². The first kappa shape index (κ1) is 24.5. The summed E-state index contributed by atoms with van der Waals surface area (Å²) in [4.78, 5) is 15.0. The average Bonchev–Trinajstić information content (AvgIpc) is 3.11. The van der Waals surface area contributed by atoms with Crippen molar-refractivity contribution >= 4 is 65.6 Å². The normalized spacial score (nSPS) is 11.8. The molecule has 4 aromatic rings. The highest BCUT2D eigenvalue weighted by molar-refractivity contribution is 5.94. The van der Waals surface area contributed by atoms with Crippen LogP contribution in [-0.4, -0.2) is 21.5 Å². The Morgan fingerprint density at radius 1 is 0.935 bits per heavy atom. The van der Waals surface area contributed by atoms with Gasteiger partial charge in [-0.2, -0.15) is 4.98 Å². The molecule has 0 aliphatic carbocycles. The molecule has 1 aliphatic heterocycles. The predicted molar refractivity (Wildman–Crippen MR) is 135 cm³/mol. The van der Waals surface area contributed by atoms with Gasteiger partial charge in [0.1, 0.15) is 5.82 Å². The summed E-state index contributed by atoms with van der Waals surface area (Å²) in [6, 6.07) is 17.0. The van der Waals surface area contributed by atoms with Crippen LogP contribution in [0.5, 0.6) is 0 Å². The minimum atomic E-state index is 0. The number of anilines is 3. The third kappa shape index (κ3) is 4.61. The molecule has 0 radical (unpaired) electrons. The van der Waals surface area contributed by atoms with Crippen LogP contribution in [0.15, 0.2) is 60.9 Å². The number of benzene rings is 2. The van der Waals surface area contributed by atoms with Crippen LogP contribution in [0.1, 0.15) is 11.1 Å². The minimum absolute atomic E-state index is 0. The Bertz CT molecular complexity index is 1200. The highest BCUT2D eigenvalue weighted by Gasteiger charge is 2.21. The largest absolute Gasteiger partial charge is 0.383 e. The lowest BCUT2D eigenvalue weighted by atomic mass is 9.99. The molecule has 162 valence electrons. The molecule has 6 nitrogen and oxygen atoms in total. The van der Waals surface area contributed by atoms with Crippen LogP contribution in [0.3, 0.4) is 0 Å². The van der Waals surface area contributed by atoms with Crippen molar-refractivity contribution in [2.24, 2.45) is 0 Å². The second kappa shape index (κ2) is 10.0. The summed E-state index contributed by atoms with van der Waals surface area (Å²) in [5, 5.41) is 1.15. The Morgan fingerprint density at radius 3 is 2.55 bits per heavy atom. The minimum Gasteiger partial charge on any atom is -0.383 e. The summed E-state index contributed by atoms with van der Waals surface area (Å²) in [5.74, 6) is 0.649. The average molecular weight is 478 g/mol. The highest BCUT2D eigenvalue weighted by atomic mass is 35.5. The van der Waals surface area contributed by atoms with Gasteiger partial charge in [0.25, 0.3) is 0 Å². The van der Waals surface area contributed by atoms with Crippen LogP contribution in [-0.2, 0) is 13.0 Å². The fourth-order valence-electron chi connectivity index (χ4n) is 3.90. The second-order valence-electron chi connectivity index (χ2n) is 7.03. The summed E-state index contributed by atoms with van der Waals surface area (Å²) in [6.07, 6.45) is 4.56. The number of fused-ring (bicyclic) bond motifs is 2. The van der Waals surface area contributed by atoms with Gasteiger partial charge in [0.15, 0.2) is 0 Å². The molecule has 4 N–H and O–H groups in total. The van der Waals surface area contributed by atoms with E-state index in [2.05, 4.69) is 62.3 Å². The van der Waals surface area contributed by atoms with Gasteiger partial charge >= 0.3 is 0 Å². The Hall–Kier alpha value is -2.80. The lowest BCUT2D eigenvalue weighted by Gasteiger charge is -2.20. The summed E-state index contributed by atoms with van der Waals surface area (Å²) in [5.41, 5.74) is 18.5. The molecule has 0 amide bonds. The number of rotatable bonds is 3. The van der Waals surface area contributed by atoms with Gasteiger partial charge in [-0.25, -0.2) is 4.98 Å². The molecular weight excluding hydrogens is 455 g/mol. The van der Waals surface area contributed by atoms with Crippen LogP contribution in [0.25, 0.3) is 22.0 Å². The molecule has 0 saturated heterocycles. The molecule has 9 heteroatoms. The third-order valence-electron chi connectivity index (χ3n) is 5.29. The Morgan fingerprint density at radius 2 is 1.74 bits per heavy atom. The predicted octanol–water partition coefficient (Wildman–Crippen LogP) is 4.68. The number of hydrogen-bond donors (Lipinski definition) is 2. The monoisotopic (exact) mass is 476 g/mol. The van der Waals surface area contributed by atoms with Crippen molar-refractivity contribution in [3.63, 3.8) is 0 Å². The molecular formula is C22H23Cl3N6. The van der Waals surface area contributed by atoms with Gasteiger partial charge in [0.2, 0.25) is 5.95 Å². The zero-order valence-electron chi connectivity index (χ0n) is 16.6. The number of nitrogen functional groups attached to an aromatic ring is 2. The lowest BCUT2D eigenvalue weighted by Crippen LogP contribution is -2.21. The van der Waals surface area contributed by atoms with Gasteiger partial charge in [-0.05, 0) is 35.7 Å². The number of hydrogen-bond acceptors (Lipinski definition) is 6. The summed E-state index contributed by atoms with van der Waals surface area (Å²) < 4.78 is 0. The standard InChI is InChI=1S/C22H20N6.3ClH/c23-21-17(12-26-22(24)27-21)13-28-10-8-16-11-15(6-7-19(16)28)18-5-1-3-14-4-2-9-25-20(14)18;;;/h1-7,9,11-12H,8,10,13H2,(H4,23,24,26,27);3*1H. The maximum absolute atomic E-state index is 6.01. The Kier molecular flexibility index (Phi) is 7.90. The molecule has 0 unspecified atom stereocenters. The number of para-hydroxylation sites is 1. The van der Waals surface area contributed by atoms with Crippen LogP contribution in [0.2, 0.25) is 0 Å². The number of pyridine rings is 1. The van der Waals surface area contributed by atoms with E-state index in [0.717, 1.165) is 35.0 Å². The number of aromatic nitrogens is 3. The molecule has 3 heterocycles. The van der Waals surface area contributed by atoms with E-state index < -0.39 is 0 Å². The first-order valence-corrected chi connectivity index (χ1v) is 9.28. The zero-order valence-corrected chi connectivity index (χ0v) is 19.0. The van der Waals surface area contributed by atoms with E-state index in [1.807, 2.05) is 12.3 Å². The molecule has 0 bridgehead atoms. The number of nitrogens with two attached hydrogens (primary N) is 2. The summed E-state index contributed by atoms with van der Waals surface area (Å²) in [7, 11) is 0. The van der Waals surface area contributed by atoms with E-state index in [9.17, 15) is 0 Å². The number of halogens is 3. The maximum Gasteiger partial charge on any atom is 0.221 e. The zero-order chi connectivity index (χ0) is 19.1. The van der Waals surface area contributed by atoms with Crippen molar-refractivity contribution in [1.82, 2.24) is 15.0 Å². The van der Waals surface area contributed by atoms with E-state index in [1.54, 1.807) is 6.20 Å². The smallest absolute Gasteiger partial charge is 0.221 e. The molecule has 5 rings (SSSR count). The molecule has 0 fully saturated rings. The van der Waals surface area contributed by atoms with Gasteiger partial charge in [0.05, 0.1) is 5.52 Å². The quantitative estimate of drug-likeness (QED) is 0.445. The van der Waals surface area contributed by atoms with E-state index in [-0.39, 0.29) is 43.2 Å². The molecule has 1 aliphatic rings. The summed E-state index contributed by atoms with van der Waals surface area (Å²) >= 11 is 0. The molecule has 0 saturated carbocycles. The maximum atomic E-state index is 6.01. The molecule has 31 heavy (non-hydrogen) atoms. The van der Waals surface area contributed by atoms with Crippen LogP contribution >= 0.6 is 37.2 Å². The van der Waals surface area contributed by atoms with Gasteiger partial charge in [0, 0.05) is 47.7 Å². The summed E-state index contributed by atoms with van der Waals surface area (Å²) in [6.45, 7) is 1.62. The van der Waals surface area contributed by atoms with Crippen LogP contribution < -0.4 is 16.4 Å². The highest BCUT2D eigenvalue weighted by Crippen LogP contribution is 2.35. The molecule has 0 spiro atoms. The van der Waals surface area contributed by atoms with E-state index in [4.69, 9.17) is 11.5 Å². The number of nitrogens with zero attached hydrogens (tertiary/aromatic N) is 4. The second-order valence-corrected chi connectivity index (χ2v) is 7.03. The van der Waals surface area contributed by atoms with Crippen molar-refractivity contribution in [3.05, 3.63) is 72.1 Å². The van der Waals surface area contributed by atoms with Gasteiger partial charge in [-0.1, -0.05) is 30.3 Å². The Balaban J connectivity index is 0.00000114. The lowest BCUT2D eigenvalue weighted by molar-refractivity contribution is 0.830. The molecule has 0 atom stereocenters. The topological polar surface area (TPSA) is 94.0 Å². The van der Waals surface area contributed by atoms with Crippen molar-refractivity contribution < 1.29 is 0 Å². The van der Waals surface area contributed by atoms with Gasteiger partial charge in [-0.3, -0.25) is 4.98 Å².